The van der Waals surface area contributed by atoms with E-state index in [1.54, 1.807) is 0 Å². The molecule has 0 saturated carbocycles. The van der Waals surface area contributed by atoms with E-state index in [0.29, 0.717) is 0 Å². The standard InChI is InChI=1S/C23H20N2/c1-16(17-9-3-2-4-10-17)22-20-13-7-5-11-18(20)19-12-6-8-14-21(19)23(22)25-15-24/h2-16H,1H3,(H2,24,25). The van der Waals surface area contributed by atoms with Gasteiger partial charge in [-0.2, -0.15) is 0 Å². The normalized spacial score (nSPS) is 12.8. The summed E-state index contributed by atoms with van der Waals surface area (Å²) in [4.78, 5) is 4.58. The predicted octanol–water partition coefficient (Wildman–Crippen LogP) is 5.76. The van der Waals surface area contributed by atoms with Gasteiger partial charge in [-0.1, -0.05) is 85.8 Å². The molecule has 0 bridgehead atoms. The summed E-state index contributed by atoms with van der Waals surface area (Å²) in [5.74, 6) is 0.217. The van der Waals surface area contributed by atoms with Crippen molar-refractivity contribution in [1.29, 1.82) is 0 Å². The molecule has 4 aromatic rings. The molecule has 1 atom stereocenters. The van der Waals surface area contributed by atoms with Crippen LogP contribution in [0.4, 0.5) is 5.69 Å². The van der Waals surface area contributed by atoms with Crippen molar-refractivity contribution in [3.63, 3.8) is 0 Å². The molecular formula is C23H20N2. The van der Waals surface area contributed by atoms with E-state index in [0.717, 1.165) is 11.1 Å². The minimum atomic E-state index is 0.217. The van der Waals surface area contributed by atoms with Crippen molar-refractivity contribution in [2.24, 2.45) is 10.7 Å². The van der Waals surface area contributed by atoms with Gasteiger partial charge < -0.3 is 5.73 Å². The van der Waals surface area contributed by atoms with Crippen LogP contribution in [0.3, 0.4) is 0 Å². The molecule has 0 radical (unpaired) electrons. The summed E-state index contributed by atoms with van der Waals surface area (Å²) in [6.07, 6.45) is 1.40. The molecule has 0 spiro atoms. The van der Waals surface area contributed by atoms with Crippen molar-refractivity contribution in [3.05, 3.63) is 90.0 Å². The van der Waals surface area contributed by atoms with E-state index in [-0.39, 0.29) is 5.92 Å². The smallest absolute Gasteiger partial charge is 0.0860 e. The van der Waals surface area contributed by atoms with E-state index in [2.05, 4.69) is 84.7 Å². The second kappa shape index (κ2) is 6.40. The van der Waals surface area contributed by atoms with Crippen molar-refractivity contribution < 1.29 is 0 Å². The Bertz CT molecular complexity index is 1070. The molecule has 4 rings (SSSR count). The van der Waals surface area contributed by atoms with Crippen LogP contribution < -0.4 is 5.73 Å². The molecule has 0 amide bonds. The second-order valence-corrected chi connectivity index (χ2v) is 6.26. The fourth-order valence-electron chi connectivity index (χ4n) is 3.71. The highest BCUT2D eigenvalue weighted by Gasteiger charge is 2.19. The van der Waals surface area contributed by atoms with Gasteiger partial charge in [0.05, 0.1) is 12.0 Å². The van der Waals surface area contributed by atoms with Crippen LogP contribution in [0.15, 0.2) is 83.9 Å². The molecule has 4 aromatic carbocycles. The Kier molecular flexibility index (Phi) is 3.95. The Morgan fingerprint density at radius 2 is 1.24 bits per heavy atom. The lowest BCUT2D eigenvalue weighted by atomic mass is 9.85. The van der Waals surface area contributed by atoms with E-state index in [1.165, 1.54) is 33.6 Å². The predicted molar refractivity (Wildman–Crippen MR) is 108 cm³/mol. The van der Waals surface area contributed by atoms with Gasteiger partial charge in [0.2, 0.25) is 0 Å². The van der Waals surface area contributed by atoms with Gasteiger partial charge in [-0.05, 0) is 27.3 Å². The van der Waals surface area contributed by atoms with E-state index in [9.17, 15) is 0 Å². The van der Waals surface area contributed by atoms with Crippen LogP contribution >= 0.6 is 0 Å². The molecule has 1 unspecified atom stereocenters. The van der Waals surface area contributed by atoms with Gasteiger partial charge in [0.25, 0.3) is 0 Å². The molecule has 0 heterocycles. The van der Waals surface area contributed by atoms with Crippen LogP contribution in [0, 0.1) is 0 Å². The molecule has 0 aromatic heterocycles. The number of hydrogen-bond acceptors (Lipinski definition) is 1. The van der Waals surface area contributed by atoms with Crippen LogP contribution in [0.2, 0.25) is 0 Å². The van der Waals surface area contributed by atoms with Crippen LogP contribution in [-0.2, 0) is 0 Å². The summed E-state index contributed by atoms with van der Waals surface area (Å²) in [5.41, 5.74) is 9.18. The van der Waals surface area contributed by atoms with E-state index < -0.39 is 0 Å². The lowest BCUT2D eigenvalue weighted by Gasteiger charge is -2.20. The van der Waals surface area contributed by atoms with Crippen molar-refractivity contribution in [2.75, 3.05) is 0 Å². The van der Waals surface area contributed by atoms with Crippen molar-refractivity contribution in [1.82, 2.24) is 0 Å². The molecule has 2 heteroatoms. The molecule has 0 aliphatic rings. The molecule has 2 N–H and O–H groups in total. The average molecular weight is 324 g/mol. The molecule has 0 aliphatic carbocycles. The van der Waals surface area contributed by atoms with Gasteiger partial charge in [-0.25, -0.2) is 4.99 Å². The zero-order valence-corrected chi connectivity index (χ0v) is 14.2. The van der Waals surface area contributed by atoms with Gasteiger partial charge in [-0.15, -0.1) is 0 Å². The van der Waals surface area contributed by atoms with Crippen LogP contribution in [0.25, 0.3) is 21.5 Å². The molecule has 25 heavy (non-hydrogen) atoms. The number of fused-ring (bicyclic) bond motifs is 3. The second-order valence-electron chi connectivity index (χ2n) is 6.26. The van der Waals surface area contributed by atoms with Crippen molar-refractivity contribution in [3.8, 4) is 0 Å². The van der Waals surface area contributed by atoms with Crippen LogP contribution in [0.5, 0.6) is 0 Å². The van der Waals surface area contributed by atoms with Gasteiger partial charge in [0, 0.05) is 11.3 Å². The maximum atomic E-state index is 5.71. The number of rotatable bonds is 3. The third kappa shape index (κ3) is 2.56. The lowest BCUT2D eigenvalue weighted by molar-refractivity contribution is 0.934. The first kappa shape index (κ1) is 15.4. The van der Waals surface area contributed by atoms with Crippen molar-refractivity contribution >= 4 is 33.6 Å². The SMILES string of the molecule is CC(c1ccccc1)c1c(N=CN)c2ccccc2c2ccccc12. The topological polar surface area (TPSA) is 38.4 Å². The molecule has 0 fully saturated rings. The fourth-order valence-corrected chi connectivity index (χ4v) is 3.71. The summed E-state index contributed by atoms with van der Waals surface area (Å²) >= 11 is 0. The first-order valence-corrected chi connectivity index (χ1v) is 8.54. The Balaban J connectivity index is 2.15. The quantitative estimate of drug-likeness (QED) is 0.290. The van der Waals surface area contributed by atoms with Crippen molar-refractivity contribution in [2.45, 2.75) is 12.8 Å². The number of benzene rings is 4. The van der Waals surface area contributed by atoms with E-state index in [4.69, 9.17) is 5.73 Å². The summed E-state index contributed by atoms with van der Waals surface area (Å²) in [5, 5.41) is 4.84. The first-order valence-electron chi connectivity index (χ1n) is 8.54. The monoisotopic (exact) mass is 324 g/mol. The van der Waals surface area contributed by atoms with E-state index >= 15 is 0 Å². The highest BCUT2D eigenvalue weighted by Crippen LogP contribution is 2.43. The van der Waals surface area contributed by atoms with E-state index in [1.807, 2.05) is 6.07 Å². The highest BCUT2D eigenvalue weighted by atomic mass is 14.8. The zero-order chi connectivity index (χ0) is 17.2. The fraction of sp³-hybridized carbons (Fsp3) is 0.0870. The Hall–Kier alpha value is -3.13. The molecule has 0 aliphatic heterocycles. The molecule has 0 saturated heterocycles. The minimum Gasteiger partial charge on any atom is -0.390 e. The van der Waals surface area contributed by atoms with Gasteiger partial charge in [0.15, 0.2) is 0 Å². The highest BCUT2D eigenvalue weighted by molar-refractivity contribution is 6.15. The van der Waals surface area contributed by atoms with Crippen LogP contribution in [-0.4, -0.2) is 6.34 Å². The zero-order valence-electron chi connectivity index (χ0n) is 14.2. The van der Waals surface area contributed by atoms with Gasteiger partial charge in [0.1, 0.15) is 0 Å². The van der Waals surface area contributed by atoms with Gasteiger partial charge in [-0.3, -0.25) is 0 Å². The summed E-state index contributed by atoms with van der Waals surface area (Å²) in [7, 11) is 0. The summed E-state index contributed by atoms with van der Waals surface area (Å²) in [6, 6.07) is 27.5. The maximum Gasteiger partial charge on any atom is 0.0860 e. The molecular weight excluding hydrogens is 304 g/mol. The average Bonchev–Trinajstić information content (AvgIpc) is 2.68. The number of nitrogens with two attached hydrogens (primary N) is 1. The van der Waals surface area contributed by atoms with Crippen LogP contribution in [0.1, 0.15) is 24.0 Å². The Morgan fingerprint density at radius 3 is 1.88 bits per heavy atom. The van der Waals surface area contributed by atoms with Gasteiger partial charge >= 0.3 is 0 Å². The summed E-state index contributed by atoms with van der Waals surface area (Å²) in [6.45, 7) is 2.24. The Labute approximate surface area is 147 Å². The number of hydrogen-bond donors (Lipinski definition) is 1. The minimum absolute atomic E-state index is 0.217. The third-order valence-corrected chi connectivity index (χ3v) is 4.88. The molecule has 2 nitrogen and oxygen atoms in total. The third-order valence-electron chi connectivity index (χ3n) is 4.88. The first-order chi connectivity index (χ1) is 12.3. The largest absolute Gasteiger partial charge is 0.390 e. The summed E-state index contributed by atoms with van der Waals surface area (Å²) < 4.78 is 0. The molecule has 122 valence electrons. The maximum absolute atomic E-state index is 5.71. The lowest BCUT2D eigenvalue weighted by Crippen LogP contribution is -2.00. The number of nitrogens with zero attached hydrogens (tertiary/aromatic N) is 1. The Morgan fingerprint density at radius 1 is 0.720 bits per heavy atom. The number of aliphatic imine (C=N–C) groups is 1.